The number of likely N-dealkylation sites (N-methyl/N-ethyl adjacent to an activating group) is 1. The highest BCUT2D eigenvalue weighted by atomic mass is 16.4. The third-order valence-corrected chi connectivity index (χ3v) is 4.53. The van der Waals surface area contributed by atoms with Crippen molar-refractivity contribution in [1.29, 1.82) is 0 Å². The molecule has 2 amide bonds. The number of likely N-dealkylation sites (tertiary alicyclic amines) is 2. The van der Waals surface area contributed by atoms with Crippen LogP contribution in [0.3, 0.4) is 0 Å². The van der Waals surface area contributed by atoms with Gasteiger partial charge in [0.15, 0.2) is 0 Å². The van der Waals surface area contributed by atoms with Crippen LogP contribution in [0.2, 0.25) is 0 Å². The summed E-state index contributed by atoms with van der Waals surface area (Å²) < 4.78 is 0. The van der Waals surface area contributed by atoms with Crippen LogP contribution in [0, 0.1) is 5.92 Å². The number of aliphatic carboxylic acids is 1. The van der Waals surface area contributed by atoms with Crippen molar-refractivity contribution >= 4 is 12.0 Å². The SMILES string of the molecule is CN(CCN1CCCC1)C(=O)N1CCCC(CC(=O)O)C1. The first-order valence-corrected chi connectivity index (χ1v) is 8.00. The van der Waals surface area contributed by atoms with Gasteiger partial charge >= 0.3 is 12.0 Å². The smallest absolute Gasteiger partial charge is 0.319 e. The summed E-state index contributed by atoms with van der Waals surface area (Å²) in [7, 11) is 1.85. The molecule has 120 valence electrons. The fourth-order valence-electron chi connectivity index (χ4n) is 3.29. The Morgan fingerprint density at radius 3 is 2.57 bits per heavy atom. The second kappa shape index (κ2) is 7.64. The minimum Gasteiger partial charge on any atom is -0.481 e. The number of carbonyl (C=O) groups is 2. The first-order chi connectivity index (χ1) is 10.1. The molecule has 2 aliphatic heterocycles. The minimum absolute atomic E-state index is 0.0456. The van der Waals surface area contributed by atoms with E-state index < -0.39 is 5.97 Å². The third kappa shape index (κ3) is 4.88. The van der Waals surface area contributed by atoms with Crippen LogP contribution < -0.4 is 0 Å². The topological polar surface area (TPSA) is 64.1 Å². The van der Waals surface area contributed by atoms with Crippen LogP contribution in [-0.4, -0.2) is 78.1 Å². The lowest BCUT2D eigenvalue weighted by Crippen LogP contribution is -2.48. The molecule has 0 spiro atoms. The maximum Gasteiger partial charge on any atom is 0.319 e. The van der Waals surface area contributed by atoms with Gasteiger partial charge in [-0.1, -0.05) is 0 Å². The standard InChI is InChI=1S/C15H27N3O3/c1-16(9-10-17-6-2-3-7-17)15(21)18-8-4-5-13(12-18)11-14(19)20/h13H,2-12H2,1H3,(H,19,20). The van der Waals surface area contributed by atoms with E-state index >= 15 is 0 Å². The fraction of sp³-hybridized carbons (Fsp3) is 0.867. The Balaban J connectivity index is 1.76. The maximum absolute atomic E-state index is 12.4. The van der Waals surface area contributed by atoms with Crippen molar-refractivity contribution in [2.75, 3.05) is 46.3 Å². The molecule has 2 saturated heterocycles. The minimum atomic E-state index is -0.767. The van der Waals surface area contributed by atoms with Crippen molar-refractivity contribution in [2.24, 2.45) is 5.92 Å². The van der Waals surface area contributed by atoms with E-state index in [0.29, 0.717) is 6.54 Å². The first kappa shape index (κ1) is 16.1. The Hall–Kier alpha value is -1.30. The normalized spacial score (nSPS) is 23.3. The number of amides is 2. The van der Waals surface area contributed by atoms with E-state index in [2.05, 4.69) is 4.90 Å². The lowest BCUT2D eigenvalue weighted by atomic mass is 9.95. The van der Waals surface area contributed by atoms with Crippen LogP contribution in [0.25, 0.3) is 0 Å². The summed E-state index contributed by atoms with van der Waals surface area (Å²) in [6, 6.07) is 0.0456. The molecule has 21 heavy (non-hydrogen) atoms. The highest BCUT2D eigenvalue weighted by molar-refractivity contribution is 5.74. The van der Waals surface area contributed by atoms with E-state index in [1.165, 1.54) is 12.8 Å². The van der Waals surface area contributed by atoms with Crippen LogP contribution in [0.15, 0.2) is 0 Å². The van der Waals surface area contributed by atoms with Crippen LogP contribution >= 0.6 is 0 Å². The highest BCUT2D eigenvalue weighted by Crippen LogP contribution is 2.20. The van der Waals surface area contributed by atoms with E-state index in [4.69, 9.17) is 5.11 Å². The predicted octanol–water partition coefficient (Wildman–Crippen LogP) is 1.32. The molecule has 0 aromatic heterocycles. The second-order valence-electron chi connectivity index (χ2n) is 6.31. The summed E-state index contributed by atoms with van der Waals surface area (Å²) >= 11 is 0. The number of hydrogen-bond donors (Lipinski definition) is 1. The number of rotatable bonds is 5. The number of urea groups is 1. The quantitative estimate of drug-likeness (QED) is 0.831. The zero-order valence-electron chi connectivity index (χ0n) is 13.0. The van der Waals surface area contributed by atoms with Gasteiger partial charge in [-0.25, -0.2) is 4.79 Å². The summed E-state index contributed by atoms with van der Waals surface area (Å²) in [5, 5.41) is 8.89. The Morgan fingerprint density at radius 1 is 1.19 bits per heavy atom. The number of carboxylic acid groups (broad SMARTS) is 1. The number of piperidine rings is 1. The summed E-state index contributed by atoms with van der Waals surface area (Å²) in [5.41, 5.74) is 0. The molecular weight excluding hydrogens is 270 g/mol. The fourth-order valence-corrected chi connectivity index (χ4v) is 3.29. The monoisotopic (exact) mass is 297 g/mol. The molecule has 2 aliphatic rings. The Morgan fingerprint density at radius 2 is 1.90 bits per heavy atom. The molecule has 2 fully saturated rings. The van der Waals surface area contributed by atoms with Crippen molar-refractivity contribution in [1.82, 2.24) is 14.7 Å². The molecule has 0 aliphatic carbocycles. The lowest BCUT2D eigenvalue weighted by molar-refractivity contribution is -0.138. The summed E-state index contributed by atoms with van der Waals surface area (Å²) in [6.45, 7) is 5.31. The summed E-state index contributed by atoms with van der Waals surface area (Å²) in [4.78, 5) is 29.2. The van der Waals surface area contributed by atoms with Crippen LogP contribution in [0.1, 0.15) is 32.1 Å². The van der Waals surface area contributed by atoms with Crippen molar-refractivity contribution in [2.45, 2.75) is 32.1 Å². The largest absolute Gasteiger partial charge is 0.481 e. The Kier molecular flexibility index (Phi) is 5.85. The molecule has 2 heterocycles. The lowest BCUT2D eigenvalue weighted by Gasteiger charge is -2.35. The van der Waals surface area contributed by atoms with Gasteiger partial charge in [0.25, 0.3) is 0 Å². The summed E-state index contributed by atoms with van der Waals surface area (Å²) in [6.07, 6.45) is 4.51. The van der Waals surface area contributed by atoms with Crippen LogP contribution in [-0.2, 0) is 4.79 Å². The zero-order chi connectivity index (χ0) is 15.2. The summed E-state index contributed by atoms with van der Waals surface area (Å²) in [5.74, 6) is -0.663. The number of carboxylic acids is 1. The van der Waals surface area contributed by atoms with E-state index in [-0.39, 0.29) is 18.4 Å². The maximum atomic E-state index is 12.4. The van der Waals surface area contributed by atoms with Gasteiger partial charge in [-0.15, -0.1) is 0 Å². The Labute approximate surface area is 126 Å². The second-order valence-corrected chi connectivity index (χ2v) is 6.31. The number of carbonyl (C=O) groups excluding carboxylic acids is 1. The molecular formula is C15H27N3O3. The van der Waals surface area contributed by atoms with Gasteiger partial charge in [0.1, 0.15) is 0 Å². The van der Waals surface area contributed by atoms with Gasteiger partial charge in [-0.2, -0.15) is 0 Å². The molecule has 1 unspecified atom stereocenters. The van der Waals surface area contributed by atoms with Gasteiger partial charge in [0.05, 0.1) is 0 Å². The molecule has 0 radical (unpaired) electrons. The van der Waals surface area contributed by atoms with E-state index in [1.54, 1.807) is 4.90 Å². The molecule has 1 atom stereocenters. The van der Waals surface area contributed by atoms with Crippen molar-refractivity contribution in [3.05, 3.63) is 0 Å². The molecule has 2 rings (SSSR count). The first-order valence-electron chi connectivity index (χ1n) is 8.00. The molecule has 6 nitrogen and oxygen atoms in total. The molecule has 0 saturated carbocycles. The van der Waals surface area contributed by atoms with E-state index in [0.717, 1.165) is 45.6 Å². The number of hydrogen-bond acceptors (Lipinski definition) is 3. The molecule has 0 bridgehead atoms. The van der Waals surface area contributed by atoms with Crippen molar-refractivity contribution in [3.8, 4) is 0 Å². The highest BCUT2D eigenvalue weighted by Gasteiger charge is 2.27. The third-order valence-electron chi connectivity index (χ3n) is 4.53. The van der Waals surface area contributed by atoms with Crippen molar-refractivity contribution < 1.29 is 14.7 Å². The molecule has 1 N–H and O–H groups in total. The zero-order valence-corrected chi connectivity index (χ0v) is 13.0. The number of nitrogens with zero attached hydrogens (tertiary/aromatic N) is 3. The van der Waals surface area contributed by atoms with E-state index in [1.807, 2.05) is 11.9 Å². The van der Waals surface area contributed by atoms with E-state index in [9.17, 15) is 9.59 Å². The van der Waals surface area contributed by atoms with Gasteiger partial charge in [-0.3, -0.25) is 4.79 Å². The predicted molar refractivity (Wildman–Crippen MR) is 80.2 cm³/mol. The Bertz CT molecular complexity index is 369. The molecule has 0 aromatic carbocycles. The van der Waals surface area contributed by atoms with Crippen molar-refractivity contribution in [3.63, 3.8) is 0 Å². The van der Waals surface area contributed by atoms with Gasteiger partial charge in [-0.05, 0) is 44.7 Å². The van der Waals surface area contributed by atoms with Crippen LogP contribution in [0.4, 0.5) is 4.79 Å². The van der Waals surface area contributed by atoms with Crippen LogP contribution in [0.5, 0.6) is 0 Å². The molecule has 6 heteroatoms. The average molecular weight is 297 g/mol. The van der Waals surface area contributed by atoms with Gasteiger partial charge in [0, 0.05) is 39.6 Å². The van der Waals surface area contributed by atoms with Gasteiger partial charge < -0.3 is 19.8 Å². The van der Waals surface area contributed by atoms with Gasteiger partial charge in [0.2, 0.25) is 0 Å². The average Bonchev–Trinajstić information content (AvgIpc) is 2.97. The molecule has 0 aromatic rings.